The van der Waals surface area contributed by atoms with Gasteiger partial charge in [-0.15, -0.1) is 0 Å². The summed E-state index contributed by atoms with van der Waals surface area (Å²) in [5.41, 5.74) is 6.21. The van der Waals surface area contributed by atoms with E-state index in [4.69, 9.17) is 5.73 Å². The maximum atomic E-state index is 13.1. The highest BCUT2D eigenvalue weighted by Crippen LogP contribution is 2.37. The molecular formula is C17H31N3O. The largest absolute Gasteiger partial charge is 0.341 e. The Hall–Kier alpha value is -0.610. The summed E-state index contributed by atoms with van der Waals surface area (Å²) in [7, 11) is 0. The van der Waals surface area contributed by atoms with Crippen LogP contribution in [-0.4, -0.2) is 54.0 Å². The zero-order valence-electron chi connectivity index (χ0n) is 13.6. The van der Waals surface area contributed by atoms with Crippen LogP contribution in [-0.2, 0) is 4.79 Å². The summed E-state index contributed by atoms with van der Waals surface area (Å²) in [5.74, 6) is 1.99. The Labute approximate surface area is 129 Å². The number of likely N-dealkylation sites (tertiary alicyclic amines) is 2. The van der Waals surface area contributed by atoms with Gasteiger partial charge in [0.05, 0.1) is 6.04 Å². The molecule has 4 atom stereocenters. The van der Waals surface area contributed by atoms with E-state index < -0.39 is 0 Å². The van der Waals surface area contributed by atoms with Gasteiger partial charge in [-0.25, -0.2) is 0 Å². The monoisotopic (exact) mass is 293 g/mol. The van der Waals surface area contributed by atoms with E-state index in [9.17, 15) is 4.79 Å². The fraction of sp³-hybridized carbons (Fsp3) is 0.941. The van der Waals surface area contributed by atoms with Crippen molar-refractivity contribution in [2.75, 3.05) is 26.2 Å². The molecule has 2 aliphatic heterocycles. The zero-order chi connectivity index (χ0) is 15.0. The molecule has 1 amide bonds. The van der Waals surface area contributed by atoms with Gasteiger partial charge < -0.3 is 10.6 Å². The molecule has 120 valence electrons. The molecule has 21 heavy (non-hydrogen) atoms. The molecule has 4 unspecified atom stereocenters. The normalized spacial score (nSPS) is 35.2. The molecule has 3 rings (SSSR count). The predicted octanol–water partition coefficient (Wildman–Crippen LogP) is 1.69. The van der Waals surface area contributed by atoms with Gasteiger partial charge in [0.2, 0.25) is 5.91 Å². The number of nitrogens with two attached hydrogens (primary N) is 1. The molecule has 0 spiro atoms. The van der Waals surface area contributed by atoms with Crippen molar-refractivity contribution < 1.29 is 4.79 Å². The van der Waals surface area contributed by atoms with Crippen molar-refractivity contribution in [2.24, 2.45) is 23.5 Å². The number of carbonyl (C=O) groups excluding carboxylic acids is 1. The van der Waals surface area contributed by atoms with Gasteiger partial charge in [0, 0.05) is 19.1 Å². The molecule has 0 aromatic rings. The highest BCUT2D eigenvalue weighted by molar-refractivity contribution is 5.82. The van der Waals surface area contributed by atoms with Gasteiger partial charge in [-0.05, 0) is 56.5 Å². The topological polar surface area (TPSA) is 49.6 Å². The lowest BCUT2D eigenvalue weighted by molar-refractivity contribution is -0.138. The lowest BCUT2D eigenvalue weighted by atomic mass is 9.98. The summed E-state index contributed by atoms with van der Waals surface area (Å²) < 4.78 is 0. The van der Waals surface area contributed by atoms with Gasteiger partial charge in [-0.2, -0.15) is 0 Å². The molecule has 2 saturated heterocycles. The molecule has 3 aliphatic rings. The van der Waals surface area contributed by atoms with Crippen molar-refractivity contribution in [3.05, 3.63) is 0 Å². The second-order valence-corrected chi connectivity index (χ2v) is 7.69. The Morgan fingerprint density at radius 2 is 1.81 bits per heavy atom. The molecule has 2 heterocycles. The third-order valence-electron chi connectivity index (χ3n) is 5.89. The lowest BCUT2D eigenvalue weighted by Gasteiger charge is -2.38. The van der Waals surface area contributed by atoms with Crippen LogP contribution in [0.2, 0.25) is 0 Å². The average molecular weight is 293 g/mol. The molecule has 4 heteroatoms. The highest BCUT2D eigenvalue weighted by atomic mass is 16.2. The molecule has 1 aliphatic carbocycles. The van der Waals surface area contributed by atoms with Crippen LogP contribution in [0.25, 0.3) is 0 Å². The van der Waals surface area contributed by atoms with Crippen molar-refractivity contribution in [1.82, 2.24) is 9.80 Å². The Morgan fingerprint density at radius 1 is 1.10 bits per heavy atom. The van der Waals surface area contributed by atoms with Crippen LogP contribution >= 0.6 is 0 Å². The summed E-state index contributed by atoms with van der Waals surface area (Å²) in [6, 6.07) is 0.403. The van der Waals surface area contributed by atoms with Crippen molar-refractivity contribution in [3.8, 4) is 0 Å². The number of carbonyl (C=O) groups is 1. The van der Waals surface area contributed by atoms with Gasteiger partial charge in [0.1, 0.15) is 0 Å². The van der Waals surface area contributed by atoms with Crippen LogP contribution < -0.4 is 5.73 Å². The first kappa shape index (κ1) is 15.3. The predicted molar refractivity (Wildman–Crippen MR) is 84.8 cm³/mol. The number of hydrogen-bond donors (Lipinski definition) is 1. The van der Waals surface area contributed by atoms with E-state index in [1.807, 2.05) is 0 Å². The van der Waals surface area contributed by atoms with Crippen LogP contribution in [0.15, 0.2) is 0 Å². The quantitative estimate of drug-likeness (QED) is 0.861. The molecular weight excluding hydrogens is 262 g/mol. The second-order valence-electron chi connectivity index (χ2n) is 7.69. The first-order chi connectivity index (χ1) is 10.1. The van der Waals surface area contributed by atoms with Crippen LogP contribution in [0.5, 0.6) is 0 Å². The van der Waals surface area contributed by atoms with Crippen LogP contribution in [0, 0.1) is 17.8 Å². The smallest absolute Gasteiger partial charge is 0.240 e. The number of fused-ring (bicyclic) bond motifs is 1. The fourth-order valence-electron chi connectivity index (χ4n) is 4.73. The van der Waals surface area contributed by atoms with E-state index in [1.54, 1.807) is 0 Å². The average Bonchev–Trinajstić information content (AvgIpc) is 3.02. The maximum absolute atomic E-state index is 13.1. The summed E-state index contributed by atoms with van der Waals surface area (Å²) in [6.45, 7) is 8.43. The molecule has 0 aromatic heterocycles. The Kier molecular flexibility index (Phi) is 4.55. The first-order valence-electron chi connectivity index (χ1n) is 8.86. The Balaban J connectivity index is 1.67. The Morgan fingerprint density at radius 3 is 2.43 bits per heavy atom. The minimum absolute atomic E-state index is 0.0837. The Bertz CT molecular complexity index is 378. The maximum Gasteiger partial charge on any atom is 0.240 e. The molecule has 0 bridgehead atoms. The van der Waals surface area contributed by atoms with E-state index in [-0.39, 0.29) is 6.04 Å². The lowest BCUT2D eigenvalue weighted by Crippen LogP contribution is -2.52. The van der Waals surface area contributed by atoms with Crippen molar-refractivity contribution >= 4 is 5.91 Å². The van der Waals surface area contributed by atoms with E-state index in [0.29, 0.717) is 29.7 Å². The van der Waals surface area contributed by atoms with Gasteiger partial charge in [0.15, 0.2) is 0 Å². The van der Waals surface area contributed by atoms with E-state index in [0.717, 1.165) is 32.6 Å². The van der Waals surface area contributed by atoms with Crippen molar-refractivity contribution in [2.45, 2.75) is 58.0 Å². The van der Waals surface area contributed by atoms with Crippen LogP contribution in [0.1, 0.15) is 46.0 Å². The third-order valence-corrected chi connectivity index (χ3v) is 5.89. The summed E-state index contributed by atoms with van der Waals surface area (Å²) in [5, 5.41) is 0. The molecule has 3 fully saturated rings. The van der Waals surface area contributed by atoms with Crippen LogP contribution in [0.3, 0.4) is 0 Å². The van der Waals surface area contributed by atoms with Gasteiger partial charge in [-0.1, -0.05) is 20.3 Å². The van der Waals surface area contributed by atoms with Crippen LogP contribution in [0.4, 0.5) is 0 Å². The van der Waals surface area contributed by atoms with Crippen molar-refractivity contribution in [3.63, 3.8) is 0 Å². The summed E-state index contributed by atoms with van der Waals surface area (Å²) >= 11 is 0. The molecule has 4 nitrogen and oxygen atoms in total. The van der Waals surface area contributed by atoms with Gasteiger partial charge >= 0.3 is 0 Å². The number of piperidine rings is 1. The van der Waals surface area contributed by atoms with Gasteiger partial charge in [0.25, 0.3) is 0 Å². The minimum Gasteiger partial charge on any atom is -0.341 e. The second kappa shape index (κ2) is 6.25. The first-order valence-corrected chi connectivity index (χ1v) is 8.86. The number of rotatable bonds is 3. The highest BCUT2D eigenvalue weighted by Gasteiger charge is 2.44. The minimum atomic E-state index is 0.0837. The van der Waals surface area contributed by atoms with Gasteiger partial charge in [-0.3, -0.25) is 9.69 Å². The van der Waals surface area contributed by atoms with E-state index >= 15 is 0 Å². The molecule has 0 aromatic carbocycles. The fourth-order valence-corrected chi connectivity index (χ4v) is 4.73. The number of hydrogen-bond acceptors (Lipinski definition) is 3. The number of nitrogens with zero attached hydrogens (tertiary/aromatic N) is 2. The standard InChI is InChI=1S/C17H31N3O/c1-12(2)16(19-8-4-3-5-9-19)17(21)20-10-13-6-7-15(18)14(13)11-20/h12-16H,3-11,18H2,1-2H3. The summed E-state index contributed by atoms with van der Waals surface area (Å²) in [4.78, 5) is 17.6. The summed E-state index contributed by atoms with van der Waals surface area (Å²) in [6.07, 6.45) is 6.17. The van der Waals surface area contributed by atoms with Crippen molar-refractivity contribution in [1.29, 1.82) is 0 Å². The molecule has 1 saturated carbocycles. The number of amides is 1. The molecule has 0 radical (unpaired) electrons. The zero-order valence-corrected chi connectivity index (χ0v) is 13.6. The van der Waals surface area contributed by atoms with E-state index in [2.05, 4.69) is 23.6 Å². The van der Waals surface area contributed by atoms with E-state index in [1.165, 1.54) is 25.7 Å². The third kappa shape index (κ3) is 2.98. The molecule has 2 N–H and O–H groups in total. The SMILES string of the molecule is CC(C)C(C(=O)N1CC2CCC(N)C2C1)N1CCCCC1.